The highest BCUT2D eigenvalue weighted by atomic mass is 15.3. The molecule has 0 atom stereocenters. The molecule has 0 amide bonds. The summed E-state index contributed by atoms with van der Waals surface area (Å²) in [6, 6.07) is 69.1. The van der Waals surface area contributed by atoms with Gasteiger partial charge in [-0.1, -0.05) is 182 Å². The van der Waals surface area contributed by atoms with E-state index in [0.717, 1.165) is 77.6 Å². The van der Waals surface area contributed by atoms with Crippen LogP contribution in [0.2, 0.25) is 0 Å². The first-order valence-electron chi connectivity index (χ1n) is 18.4. The first-order valence-corrected chi connectivity index (χ1v) is 18.4. The molecule has 0 N–H and O–H groups in total. The molecule has 2 heterocycles. The third-order valence-electron chi connectivity index (χ3n) is 10.1. The third-order valence-corrected chi connectivity index (χ3v) is 10.1. The average Bonchev–Trinajstić information content (AvgIpc) is 3.68. The lowest BCUT2D eigenvalue weighted by molar-refractivity contribution is 0.918. The highest BCUT2D eigenvalue weighted by molar-refractivity contribution is 6.20. The van der Waals surface area contributed by atoms with Gasteiger partial charge in [0.15, 0.2) is 17.5 Å². The van der Waals surface area contributed by atoms with Crippen molar-refractivity contribution in [3.63, 3.8) is 0 Å². The minimum absolute atomic E-state index is 0.595. The van der Waals surface area contributed by atoms with E-state index < -0.39 is 0 Å². The van der Waals surface area contributed by atoms with Gasteiger partial charge >= 0.3 is 0 Å². The zero-order chi connectivity index (χ0) is 36.6. The van der Waals surface area contributed by atoms with Crippen LogP contribution in [0.15, 0.2) is 200 Å². The van der Waals surface area contributed by atoms with Gasteiger partial charge in [0.1, 0.15) is 5.69 Å². The summed E-state index contributed by atoms with van der Waals surface area (Å²) in [7, 11) is 0. The molecular formula is C50H33N5. The van der Waals surface area contributed by atoms with Crippen LogP contribution in [-0.4, -0.2) is 24.7 Å². The second-order valence-electron chi connectivity index (χ2n) is 13.5. The maximum absolute atomic E-state index is 5.43. The molecule has 0 saturated heterocycles. The predicted octanol–water partition coefficient (Wildman–Crippen LogP) is 12.4. The SMILES string of the molecule is c1ccc(-c2ccc(-c3nc(-c4ccccc4)nc(-c4cccc5cc(-c6ccccc6)c6c(-c7ccccc7)nn(-c7ccccc7)c6c45)n3)cc2)cc1. The van der Waals surface area contributed by atoms with Gasteiger partial charge in [0, 0.05) is 33.0 Å². The quantitative estimate of drug-likeness (QED) is 0.166. The van der Waals surface area contributed by atoms with Crippen molar-refractivity contribution in [3.05, 3.63) is 200 Å². The summed E-state index contributed by atoms with van der Waals surface area (Å²) in [6.45, 7) is 0. The molecular weight excluding hydrogens is 671 g/mol. The van der Waals surface area contributed by atoms with E-state index >= 15 is 0 Å². The van der Waals surface area contributed by atoms with Gasteiger partial charge < -0.3 is 0 Å². The van der Waals surface area contributed by atoms with Gasteiger partial charge in [0.05, 0.1) is 11.2 Å². The van der Waals surface area contributed by atoms with Gasteiger partial charge in [0.2, 0.25) is 0 Å². The number of fused-ring (bicyclic) bond motifs is 3. The van der Waals surface area contributed by atoms with E-state index in [1.165, 1.54) is 0 Å². The Morgan fingerprint density at radius 3 is 1.42 bits per heavy atom. The summed E-state index contributed by atoms with van der Waals surface area (Å²) >= 11 is 0. The van der Waals surface area contributed by atoms with Crippen molar-refractivity contribution in [1.29, 1.82) is 0 Å². The maximum atomic E-state index is 5.43. The molecule has 0 radical (unpaired) electrons. The van der Waals surface area contributed by atoms with Crippen LogP contribution in [0.25, 0.3) is 95.0 Å². The molecule has 0 aliphatic heterocycles. The summed E-state index contributed by atoms with van der Waals surface area (Å²) in [5.74, 6) is 1.82. The molecule has 8 aromatic carbocycles. The highest BCUT2D eigenvalue weighted by Gasteiger charge is 2.24. The van der Waals surface area contributed by atoms with Crippen molar-refractivity contribution in [2.45, 2.75) is 0 Å². The van der Waals surface area contributed by atoms with E-state index in [2.05, 4.69) is 156 Å². The summed E-state index contributed by atoms with van der Waals surface area (Å²) < 4.78 is 2.10. The highest BCUT2D eigenvalue weighted by Crippen LogP contribution is 2.44. The molecule has 5 heteroatoms. The standard InChI is InChI=1S/C50H33N5/c1-6-17-34(18-7-1)35-29-31-39(32-30-35)49-51-48(38-23-12-4-13-24-38)52-50(53-49)42-28-16-25-40-33-43(36-19-8-2-9-20-36)45-46(37-21-10-3-11-22-37)54-55(47(45)44(40)42)41-26-14-5-15-27-41/h1-33H. The Morgan fingerprint density at radius 2 is 0.800 bits per heavy atom. The second-order valence-corrected chi connectivity index (χ2v) is 13.5. The predicted molar refractivity (Wildman–Crippen MR) is 225 cm³/mol. The van der Waals surface area contributed by atoms with Crippen LogP contribution in [-0.2, 0) is 0 Å². The van der Waals surface area contributed by atoms with Gasteiger partial charge in [-0.2, -0.15) is 5.10 Å². The van der Waals surface area contributed by atoms with E-state index in [9.17, 15) is 0 Å². The summed E-state index contributed by atoms with van der Waals surface area (Å²) in [4.78, 5) is 15.5. The summed E-state index contributed by atoms with van der Waals surface area (Å²) in [5.41, 5.74) is 11.2. The fraction of sp³-hybridized carbons (Fsp3) is 0. The normalized spacial score (nSPS) is 11.3. The number of benzene rings is 8. The molecule has 0 spiro atoms. The molecule has 0 unspecified atom stereocenters. The van der Waals surface area contributed by atoms with E-state index in [-0.39, 0.29) is 0 Å². The van der Waals surface area contributed by atoms with Crippen molar-refractivity contribution in [2.24, 2.45) is 0 Å². The maximum Gasteiger partial charge on any atom is 0.164 e. The fourth-order valence-electron chi connectivity index (χ4n) is 7.46. The van der Waals surface area contributed by atoms with E-state index in [0.29, 0.717) is 17.5 Å². The molecule has 5 nitrogen and oxygen atoms in total. The molecule has 0 saturated carbocycles. The molecule has 2 aromatic heterocycles. The van der Waals surface area contributed by atoms with E-state index in [1.54, 1.807) is 0 Å². The van der Waals surface area contributed by atoms with Crippen LogP contribution in [0.3, 0.4) is 0 Å². The van der Waals surface area contributed by atoms with Crippen LogP contribution < -0.4 is 0 Å². The van der Waals surface area contributed by atoms with E-state index in [1.807, 2.05) is 48.5 Å². The molecule has 10 rings (SSSR count). The third kappa shape index (κ3) is 5.94. The molecule has 10 aromatic rings. The minimum atomic E-state index is 0.595. The Balaban J connectivity index is 1.28. The Morgan fingerprint density at radius 1 is 0.327 bits per heavy atom. The molecule has 55 heavy (non-hydrogen) atoms. The van der Waals surface area contributed by atoms with Crippen molar-refractivity contribution >= 4 is 21.7 Å². The largest absolute Gasteiger partial charge is 0.232 e. The van der Waals surface area contributed by atoms with E-state index in [4.69, 9.17) is 20.1 Å². The fourth-order valence-corrected chi connectivity index (χ4v) is 7.46. The van der Waals surface area contributed by atoms with Gasteiger partial charge in [-0.3, -0.25) is 0 Å². The molecule has 0 aliphatic rings. The number of aromatic nitrogens is 5. The summed E-state index contributed by atoms with van der Waals surface area (Å²) in [5, 5.41) is 8.58. The Kier molecular flexibility index (Phi) is 8.08. The molecule has 0 aliphatic carbocycles. The molecule has 0 fully saturated rings. The van der Waals surface area contributed by atoms with Crippen molar-refractivity contribution in [3.8, 4) is 73.4 Å². The Hall–Kier alpha value is -7.50. The number of para-hydroxylation sites is 1. The van der Waals surface area contributed by atoms with Crippen LogP contribution in [0.4, 0.5) is 0 Å². The number of hydrogen-bond acceptors (Lipinski definition) is 4. The van der Waals surface area contributed by atoms with Gasteiger partial charge in [-0.05, 0) is 45.8 Å². The van der Waals surface area contributed by atoms with Crippen molar-refractivity contribution in [2.75, 3.05) is 0 Å². The average molecular weight is 704 g/mol. The second kappa shape index (κ2) is 13.8. The molecule has 0 bridgehead atoms. The first kappa shape index (κ1) is 32.2. The summed E-state index contributed by atoms with van der Waals surface area (Å²) in [6.07, 6.45) is 0. The van der Waals surface area contributed by atoms with Gasteiger partial charge in [0.25, 0.3) is 0 Å². The first-order chi connectivity index (χ1) is 27.3. The zero-order valence-electron chi connectivity index (χ0n) is 29.8. The molecule has 258 valence electrons. The van der Waals surface area contributed by atoms with Crippen LogP contribution in [0.1, 0.15) is 0 Å². The lowest BCUT2D eigenvalue weighted by Gasteiger charge is -2.15. The number of rotatable bonds is 7. The topological polar surface area (TPSA) is 56.5 Å². The van der Waals surface area contributed by atoms with Gasteiger partial charge in [-0.25, -0.2) is 19.6 Å². The Labute approximate surface area is 318 Å². The van der Waals surface area contributed by atoms with Crippen LogP contribution in [0.5, 0.6) is 0 Å². The van der Waals surface area contributed by atoms with Crippen molar-refractivity contribution in [1.82, 2.24) is 24.7 Å². The lowest BCUT2D eigenvalue weighted by atomic mass is 9.92. The van der Waals surface area contributed by atoms with Gasteiger partial charge in [-0.15, -0.1) is 0 Å². The Bertz CT molecular complexity index is 2930. The lowest BCUT2D eigenvalue weighted by Crippen LogP contribution is -2.02. The van der Waals surface area contributed by atoms with Crippen LogP contribution in [0, 0.1) is 0 Å². The minimum Gasteiger partial charge on any atom is -0.232 e. The smallest absolute Gasteiger partial charge is 0.164 e. The monoisotopic (exact) mass is 703 g/mol. The zero-order valence-corrected chi connectivity index (χ0v) is 29.8. The number of hydrogen-bond donors (Lipinski definition) is 0. The van der Waals surface area contributed by atoms with Crippen molar-refractivity contribution < 1.29 is 0 Å². The number of nitrogens with zero attached hydrogens (tertiary/aromatic N) is 5. The van der Waals surface area contributed by atoms with Crippen LogP contribution >= 0.6 is 0 Å².